The van der Waals surface area contributed by atoms with Crippen LogP contribution in [-0.4, -0.2) is 9.78 Å². The van der Waals surface area contributed by atoms with Gasteiger partial charge in [-0.3, -0.25) is 4.68 Å². The van der Waals surface area contributed by atoms with E-state index in [4.69, 9.17) is 10.5 Å². The van der Waals surface area contributed by atoms with Gasteiger partial charge in [0.15, 0.2) is 0 Å². The van der Waals surface area contributed by atoms with Gasteiger partial charge >= 0.3 is 0 Å². The molecule has 0 fully saturated rings. The largest absolute Gasteiger partial charge is 0.489 e. The van der Waals surface area contributed by atoms with Crippen molar-refractivity contribution in [3.05, 3.63) is 47.8 Å². The molecular formula is C13H17N3O. The number of hydrogen-bond donors (Lipinski definition) is 1. The van der Waals surface area contributed by atoms with Crippen molar-refractivity contribution in [2.75, 3.05) is 0 Å². The second-order valence-electron chi connectivity index (χ2n) is 4.17. The minimum atomic E-state index is 0.0249. The first kappa shape index (κ1) is 11.7. The minimum Gasteiger partial charge on any atom is -0.489 e. The van der Waals surface area contributed by atoms with Gasteiger partial charge in [0.25, 0.3) is 0 Å². The molecule has 2 N–H and O–H groups in total. The molecule has 1 aromatic carbocycles. The second kappa shape index (κ2) is 5.01. The maximum atomic E-state index is 5.82. The van der Waals surface area contributed by atoms with Crippen LogP contribution in [0.1, 0.15) is 24.1 Å². The molecule has 0 aliphatic rings. The molecule has 1 atom stereocenters. The molecule has 1 heterocycles. The molecule has 17 heavy (non-hydrogen) atoms. The molecule has 1 aromatic heterocycles. The van der Waals surface area contributed by atoms with Gasteiger partial charge in [-0.25, -0.2) is 0 Å². The molecule has 0 amide bonds. The minimum absolute atomic E-state index is 0.0249. The maximum absolute atomic E-state index is 5.82. The fourth-order valence-corrected chi connectivity index (χ4v) is 1.60. The molecule has 0 bridgehead atoms. The summed E-state index contributed by atoms with van der Waals surface area (Å²) < 4.78 is 7.45. The monoisotopic (exact) mass is 231 g/mol. The van der Waals surface area contributed by atoms with Crippen molar-refractivity contribution in [2.45, 2.75) is 19.6 Å². The van der Waals surface area contributed by atoms with E-state index in [0.29, 0.717) is 6.61 Å². The molecule has 4 nitrogen and oxygen atoms in total. The predicted molar refractivity (Wildman–Crippen MR) is 66.6 cm³/mol. The number of nitrogens with two attached hydrogens (primary N) is 1. The molecule has 2 aromatic rings. The van der Waals surface area contributed by atoms with Crippen LogP contribution in [0.4, 0.5) is 0 Å². The van der Waals surface area contributed by atoms with Crippen LogP contribution >= 0.6 is 0 Å². The van der Waals surface area contributed by atoms with E-state index >= 15 is 0 Å². The van der Waals surface area contributed by atoms with E-state index in [2.05, 4.69) is 5.10 Å². The summed E-state index contributed by atoms with van der Waals surface area (Å²) in [5.41, 5.74) is 7.96. The van der Waals surface area contributed by atoms with Crippen LogP contribution in [0.25, 0.3) is 0 Å². The van der Waals surface area contributed by atoms with Crippen LogP contribution in [0, 0.1) is 0 Å². The van der Waals surface area contributed by atoms with Crippen LogP contribution in [-0.2, 0) is 13.7 Å². The number of aromatic nitrogens is 2. The molecule has 0 saturated carbocycles. The van der Waals surface area contributed by atoms with E-state index in [1.165, 1.54) is 0 Å². The van der Waals surface area contributed by atoms with Crippen molar-refractivity contribution in [2.24, 2.45) is 12.8 Å². The maximum Gasteiger partial charge on any atom is 0.120 e. The van der Waals surface area contributed by atoms with Crippen molar-refractivity contribution < 1.29 is 4.74 Å². The molecular weight excluding hydrogens is 214 g/mol. The number of hydrogen-bond acceptors (Lipinski definition) is 3. The third kappa shape index (κ3) is 3.07. The first-order valence-electron chi connectivity index (χ1n) is 5.61. The zero-order chi connectivity index (χ0) is 12.3. The van der Waals surface area contributed by atoms with Gasteiger partial charge in [0, 0.05) is 24.8 Å². The van der Waals surface area contributed by atoms with Gasteiger partial charge in [0.05, 0.1) is 6.20 Å². The quantitative estimate of drug-likeness (QED) is 0.875. The van der Waals surface area contributed by atoms with Crippen LogP contribution < -0.4 is 10.5 Å². The highest BCUT2D eigenvalue weighted by atomic mass is 16.5. The Morgan fingerprint density at radius 2 is 2.29 bits per heavy atom. The number of nitrogens with zero attached hydrogens (tertiary/aromatic N) is 2. The smallest absolute Gasteiger partial charge is 0.120 e. The standard InChI is InChI=1S/C13H17N3O/c1-10(14)12-4-3-5-13(6-12)17-9-11-7-15-16(2)8-11/h3-8,10H,9,14H2,1-2H3. The summed E-state index contributed by atoms with van der Waals surface area (Å²) >= 11 is 0. The van der Waals surface area contributed by atoms with Crippen molar-refractivity contribution in [1.29, 1.82) is 0 Å². The van der Waals surface area contributed by atoms with Gasteiger partial charge in [-0.15, -0.1) is 0 Å². The molecule has 0 saturated heterocycles. The van der Waals surface area contributed by atoms with Gasteiger partial charge in [0.2, 0.25) is 0 Å². The normalized spacial score (nSPS) is 12.4. The summed E-state index contributed by atoms with van der Waals surface area (Å²) in [6, 6.07) is 7.89. The zero-order valence-corrected chi connectivity index (χ0v) is 10.1. The zero-order valence-electron chi connectivity index (χ0n) is 10.1. The Labute approximate surface area is 101 Å². The SMILES string of the molecule is CC(N)c1cccc(OCc2cnn(C)c2)c1. The second-order valence-corrected chi connectivity index (χ2v) is 4.17. The van der Waals surface area contributed by atoms with Gasteiger partial charge in [0.1, 0.15) is 12.4 Å². The first-order chi connectivity index (χ1) is 8.15. The molecule has 0 radical (unpaired) electrons. The molecule has 0 aliphatic carbocycles. The molecule has 4 heteroatoms. The summed E-state index contributed by atoms with van der Waals surface area (Å²) in [4.78, 5) is 0. The average Bonchev–Trinajstić information content (AvgIpc) is 2.73. The van der Waals surface area contributed by atoms with Crippen LogP contribution in [0.5, 0.6) is 5.75 Å². The Morgan fingerprint density at radius 1 is 1.47 bits per heavy atom. The van der Waals surface area contributed by atoms with E-state index in [0.717, 1.165) is 16.9 Å². The third-order valence-electron chi connectivity index (χ3n) is 2.55. The number of rotatable bonds is 4. The Hall–Kier alpha value is -1.81. The third-order valence-corrected chi connectivity index (χ3v) is 2.55. The van der Waals surface area contributed by atoms with Crippen LogP contribution in [0.2, 0.25) is 0 Å². The van der Waals surface area contributed by atoms with E-state index in [9.17, 15) is 0 Å². The topological polar surface area (TPSA) is 53.1 Å². The first-order valence-corrected chi connectivity index (χ1v) is 5.61. The number of benzene rings is 1. The lowest BCUT2D eigenvalue weighted by atomic mass is 10.1. The van der Waals surface area contributed by atoms with Gasteiger partial charge < -0.3 is 10.5 Å². The van der Waals surface area contributed by atoms with E-state index in [1.807, 2.05) is 44.4 Å². The van der Waals surface area contributed by atoms with Crippen molar-refractivity contribution in [1.82, 2.24) is 9.78 Å². The summed E-state index contributed by atoms with van der Waals surface area (Å²) in [5, 5.41) is 4.09. The summed E-state index contributed by atoms with van der Waals surface area (Å²) in [6.07, 6.45) is 3.74. The van der Waals surface area contributed by atoms with Crippen LogP contribution in [0.3, 0.4) is 0 Å². The van der Waals surface area contributed by atoms with Gasteiger partial charge in [-0.05, 0) is 24.6 Å². The number of ether oxygens (including phenoxy) is 1. The average molecular weight is 231 g/mol. The summed E-state index contributed by atoms with van der Waals surface area (Å²) in [5.74, 6) is 0.837. The van der Waals surface area contributed by atoms with Crippen molar-refractivity contribution in [3.63, 3.8) is 0 Å². The highest BCUT2D eigenvalue weighted by Crippen LogP contribution is 2.18. The lowest BCUT2D eigenvalue weighted by Crippen LogP contribution is -2.05. The van der Waals surface area contributed by atoms with Crippen molar-refractivity contribution in [3.8, 4) is 5.75 Å². The Kier molecular flexibility index (Phi) is 3.44. The van der Waals surface area contributed by atoms with E-state index in [-0.39, 0.29) is 6.04 Å². The molecule has 0 spiro atoms. The lowest BCUT2D eigenvalue weighted by Gasteiger charge is -2.09. The summed E-state index contributed by atoms with van der Waals surface area (Å²) in [6.45, 7) is 2.48. The fraction of sp³-hybridized carbons (Fsp3) is 0.308. The highest BCUT2D eigenvalue weighted by molar-refractivity contribution is 5.30. The fourth-order valence-electron chi connectivity index (χ4n) is 1.60. The molecule has 0 aliphatic heterocycles. The number of aryl methyl sites for hydroxylation is 1. The van der Waals surface area contributed by atoms with Crippen LogP contribution in [0.15, 0.2) is 36.7 Å². The molecule has 1 unspecified atom stereocenters. The predicted octanol–water partition coefficient (Wildman–Crippen LogP) is 2.02. The van der Waals surface area contributed by atoms with E-state index in [1.54, 1.807) is 10.9 Å². The molecule has 2 rings (SSSR count). The van der Waals surface area contributed by atoms with Gasteiger partial charge in [-0.1, -0.05) is 12.1 Å². The Morgan fingerprint density at radius 3 is 2.94 bits per heavy atom. The summed E-state index contributed by atoms with van der Waals surface area (Å²) in [7, 11) is 1.89. The van der Waals surface area contributed by atoms with Crippen molar-refractivity contribution >= 4 is 0 Å². The Balaban J connectivity index is 2.01. The molecule has 90 valence electrons. The lowest BCUT2D eigenvalue weighted by molar-refractivity contribution is 0.305. The Bertz CT molecular complexity index is 491. The van der Waals surface area contributed by atoms with E-state index < -0.39 is 0 Å². The highest BCUT2D eigenvalue weighted by Gasteiger charge is 2.02. The van der Waals surface area contributed by atoms with Gasteiger partial charge in [-0.2, -0.15) is 5.10 Å².